The number of nitrogens with zero attached hydrogens (tertiary/aromatic N) is 2. The molecule has 0 radical (unpaired) electrons. The van der Waals surface area contributed by atoms with Crippen LogP contribution in [-0.2, 0) is 0 Å². The summed E-state index contributed by atoms with van der Waals surface area (Å²) in [4.78, 5) is 9.50. The Balaban J connectivity index is 1.94. The number of fused-ring (bicyclic) bond motifs is 1. The van der Waals surface area contributed by atoms with Gasteiger partial charge in [-0.1, -0.05) is 0 Å². The van der Waals surface area contributed by atoms with Crippen molar-refractivity contribution in [1.29, 1.82) is 0 Å². The number of anilines is 1. The molecule has 2 N–H and O–H groups in total. The van der Waals surface area contributed by atoms with Crippen molar-refractivity contribution in [3.63, 3.8) is 0 Å². The van der Waals surface area contributed by atoms with Gasteiger partial charge in [0.15, 0.2) is 0 Å². The van der Waals surface area contributed by atoms with E-state index in [1.807, 2.05) is 4.90 Å². The number of β-amino-alcohol motifs (C(OH)–C–C–N with tert-alkyl or cyclic N) is 1. The summed E-state index contributed by atoms with van der Waals surface area (Å²) in [6.45, 7) is 1.46. The first-order valence-electron chi connectivity index (χ1n) is 5.80. The number of aromatic nitrogens is 2. The average Bonchev–Trinajstić information content (AvgIpc) is 2.72. The minimum atomic E-state index is -0.298. The van der Waals surface area contributed by atoms with Crippen LogP contribution in [-0.4, -0.2) is 34.3 Å². The van der Waals surface area contributed by atoms with Crippen LogP contribution in [0.4, 0.5) is 10.3 Å². The highest BCUT2D eigenvalue weighted by Gasteiger charge is 2.20. The van der Waals surface area contributed by atoms with Gasteiger partial charge in [-0.3, -0.25) is 0 Å². The summed E-state index contributed by atoms with van der Waals surface area (Å²) in [5.74, 6) is 0.440. The van der Waals surface area contributed by atoms with Crippen molar-refractivity contribution in [2.75, 3.05) is 18.0 Å². The highest BCUT2D eigenvalue weighted by Crippen LogP contribution is 2.21. The Morgan fingerprint density at radius 3 is 3.18 bits per heavy atom. The van der Waals surface area contributed by atoms with Gasteiger partial charge in [0.05, 0.1) is 17.1 Å². The van der Waals surface area contributed by atoms with Crippen LogP contribution in [0, 0.1) is 5.82 Å². The van der Waals surface area contributed by atoms with Crippen molar-refractivity contribution in [3.8, 4) is 0 Å². The molecule has 1 fully saturated rings. The van der Waals surface area contributed by atoms with E-state index >= 15 is 0 Å². The number of piperidine rings is 1. The lowest BCUT2D eigenvalue weighted by Gasteiger charge is -2.29. The molecule has 17 heavy (non-hydrogen) atoms. The third kappa shape index (κ3) is 1.98. The Morgan fingerprint density at radius 1 is 1.47 bits per heavy atom. The maximum Gasteiger partial charge on any atom is 0.203 e. The number of nitrogens with one attached hydrogen (secondary N) is 1. The fourth-order valence-corrected chi connectivity index (χ4v) is 2.27. The molecule has 3 rings (SSSR count). The van der Waals surface area contributed by atoms with Crippen LogP contribution in [0.1, 0.15) is 12.8 Å². The van der Waals surface area contributed by atoms with Crippen LogP contribution >= 0.6 is 0 Å². The molecular formula is C12H14FN3O. The van der Waals surface area contributed by atoms with Crippen molar-refractivity contribution in [3.05, 3.63) is 24.0 Å². The Hall–Kier alpha value is -1.62. The number of rotatable bonds is 1. The van der Waals surface area contributed by atoms with Crippen molar-refractivity contribution in [2.45, 2.75) is 18.9 Å². The summed E-state index contributed by atoms with van der Waals surface area (Å²) in [7, 11) is 0. The van der Waals surface area contributed by atoms with Gasteiger partial charge in [0.25, 0.3) is 0 Å². The van der Waals surface area contributed by atoms with E-state index in [0.29, 0.717) is 18.0 Å². The van der Waals surface area contributed by atoms with E-state index in [-0.39, 0.29) is 11.9 Å². The van der Waals surface area contributed by atoms with Gasteiger partial charge < -0.3 is 15.0 Å². The first-order valence-corrected chi connectivity index (χ1v) is 5.80. The number of aromatic amines is 1. The SMILES string of the molecule is O[C@H]1CCCN(c2nc3ccc(F)cc3[nH]2)C1. The number of aliphatic hydroxyl groups is 1. The Morgan fingerprint density at radius 2 is 2.35 bits per heavy atom. The second kappa shape index (κ2) is 4.00. The molecule has 0 unspecified atom stereocenters. The van der Waals surface area contributed by atoms with Gasteiger partial charge in [-0.25, -0.2) is 9.37 Å². The van der Waals surface area contributed by atoms with E-state index in [1.54, 1.807) is 6.07 Å². The van der Waals surface area contributed by atoms with Crippen LogP contribution in [0.3, 0.4) is 0 Å². The quantitative estimate of drug-likeness (QED) is 0.790. The summed E-state index contributed by atoms with van der Waals surface area (Å²) in [5.41, 5.74) is 1.45. The standard InChI is InChI=1S/C12H14FN3O/c13-8-3-4-10-11(6-8)15-12(14-10)16-5-1-2-9(17)7-16/h3-4,6,9,17H,1-2,5,7H2,(H,14,15)/t9-/m0/s1. The molecule has 0 saturated carbocycles. The van der Waals surface area contributed by atoms with Crippen LogP contribution < -0.4 is 4.90 Å². The molecule has 90 valence electrons. The Labute approximate surface area is 98.1 Å². The molecule has 1 aliphatic heterocycles. The Bertz CT molecular complexity index is 540. The number of halogens is 1. The highest BCUT2D eigenvalue weighted by molar-refractivity contribution is 5.77. The number of hydrogen-bond donors (Lipinski definition) is 2. The zero-order valence-corrected chi connectivity index (χ0v) is 9.36. The molecule has 1 aliphatic rings. The molecular weight excluding hydrogens is 221 g/mol. The van der Waals surface area contributed by atoms with E-state index < -0.39 is 0 Å². The summed E-state index contributed by atoms with van der Waals surface area (Å²) in [6, 6.07) is 4.50. The lowest BCUT2D eigenvalue weighted by Crippen LogP contribution is -2.38. The second-order valence-electron chi connectivity index (χ2n) is 4.46. The van der Waals surface area contributed by atoms with Gasteiger partial charge in [0, 0.05) is 13.1 Å². The molecule has 1 aromatic carbocycles. The van der Waals surface area contributed by atoms with Crippen LogP contribution in [0.25, 0.3) is 11.0 Å². The fraction of sp³-hybridized carbons (Fsp3) is 0.417. The highest BCUT2D eigenvalue weighted by atomic mass is 19.1. The molecule has 0 aliphatic carbocycles. The molecule has 0 amide bonds. The summed E-state index contributed by atoms with van der Waals surface area (Å²) in [5, 5.41) is 9.62. The number of imidazole rings is 1. The van der Waals surface area contributed by atoms with E-state index in [2.05, 4.69) is 9.97 Å². The van der Waals surface area contributed by atoms with Gasteiger partial charge in [0.1, 0.15) is 5.82 Å². The van der Waals surface area contributed by atoms with Crippen LogP contribution in [0.5, 0.6) is 0 Å². The first kappa shape index (κ1) is 10.5. The van der Waals surface area contributed by atoms with Crippen molar-refractivity contribution in [2.24, 2.45) is 0 Å². The van der Waals surface area contributed by atoms with E-state index in [1.165, 1.54) is 12.1 Å². The van der Waals surface area contributed by atoms with Gasteiger partial charge >= 0.3 is 0 Å². The average molecular weight is 235 g/mol. The van der Waals surface area contributed by atoms with Gasteiger partial charge in [-0.05, 0) is 31.0 Å². The Kier molecular flexibility index (Phi) is 2.48. The van der Waals surface area contributed by atoms with Gasteiger partial charge in [-0.15, -0.1) is 0 Å². The molecule has 2 aromatic rings. The summed E-state index contributed by atoms with van der Waals surface area (Å²) < 4.78 is 13.0. The zero-order chi connectivity index (χ0) is 11.8. The van der Waals surface area contributed by atoms with Gasteiger partial charge in [0.2, 0.25) is 5.95 Å². The number of hydrogen-bond acceptors (Lipinski definition) is 3. The molecule has 1 aromatic heterocycles. The minimum Gasteiger partial charge on any atom is -0.391 e. The zero-order valence-electron chi connectivity index (χ0n) is 9.36. The largest absolute Gasteiger partial charge is 0.391 e. The predicted molar refractivity (Wildman–Crippen MR) is 63.5 cm³/mol. The predicted octanol–water partition coefficient (Wildman–Crippen LogP) is 1.66. The minimum absolute atomic E-state index is 0.272. The monoisotopic (exact) mass is 235 g/mol. The normalized spacial score (nSPS) is 21.1. The lowest BCUT2D eigenvalue weighted by molar-refractivity contribution is 0.153. The molecule has 0 spiro atoms. The maximum atomic E-state index is 13.0. The van der Waals surface area contributed by atoms with E-state index in [0.717, 1.165) is 24.9 Å². The molecule has 0 bridgehead atoms. The third-order valence-electron chi connectivity index (χ3n) is 3.13. The third-order valence-corrected chi connectivity index (χ3v) is 3.13. The van der Waals surface area contributed by atoms with Crippen LogP contribution in [0.15, 0.2) is 18.2 Å². The maximum absolute atomic E-state index is 13.0. The van der Waals surface area contributed by atoms with Crippen molar-refractivity contribution < 1.29 is 9.50 Å². The van der Waals surface area contributed by atoms with Crippen molar-refractivity contribution >= 4 is 17.0 Å². The lowest BCUT2D eigenvalue weighted by atomic mass is 10.1. The van der Waals surface area contributed by atoms with E-state index in [9.17, 15) is 9.50 Å². The molecule has 1 saturated heterocycles. The number of H-pyrrole nitrogens is 1. The summed E-state index contributed by atoms with van der Waals surface area (Å²) in [6.07, 6.45) is 1.49. The number of benzene rings is 1. The van der Waals surface area contributed by atoms with Gasteiger partial charge in [-0.2, -0.15) is 0 Å². The number of aliphatic hydroxyl groups excluding tert-OH is 1. The summed E-state index contributed by atoms with van der Waals surface area (Å²) >= 11 is 0. The fourth-order valence-electron chi connectivity index (χ4n) is 2.27. The van der Waals surface area contributed by atoms with Crippen LogP contribution in [0.2, 0.25) is 0 Å². The molecule has 2 heterocycles. The second-order valence-corrected chi connectivity index (χ2v) is 4.46. The van der Waals surface area contributed by atoms with Crippen molar-refractivity contribution in [1.82, 2.24) is 9.97 Å². The topological polar surface area (TPSA) is 52.1 Å². The molecule has 1 atom stereocenters. The molecule has 5 heteroatoms. The molecule has 4 nitrogen and oxygen atoms in total. The first-order chi connectivity index (χ1) is 8.22. The van der Waals surface area contributed by atoms with E-state index in [4.69, 9.17) is 0 Å². The smallest absolute Gasteiger partial charge is 0.203 e.